The molecule has 0 aromatic heterocycles. The third-order valence-corrected chi connectivity index (χ3v) is 0.136. The molecule has 0 unspecified atom stereocenters. The Morgan fingerprint density at radius 3 is 1.80 bits per heavy atom. The zero-order chi connectivity index (χ0) is 4.28. The lowest BCUT2D eigenvalue weighted by Crippen LogP contribution is -2.31. The Hall–Kier alpha value is -0.410. The smallest absolute Gasteiger partial charge is 0.232 e. The molecule has 5 heavy (non-hydrogen) atoms. The largest absolute Gasteiger partial charge is 0.309 e. The van der Waals surface area contributed by atoms with Crippen molar-refractivity contribution in [1.82, 2.24) is 0 Å². The van der Waals surface area contributed by atoms with Gasteiger partial charge in [0.1, 0.15) is 6.17 Å². The minimum Gasteiger partial charge on any atom is -0.309 e. The standard InChI is InChI=1S/C2H5N2O/c3-2(4)1-5/h2H,3-4H2. The molecule has 29 valence electrons. The van der Waals surface area contributed by atoms with E-state index in [4.69, 9.17) is 4.79 Å². The van der Waals surface area contributed by atoms with E-state index in [1.54, 1.807) is 0 Å². The Morgan fingerprint density at radius 1 is 1.60 bits per heavy atom. The van der Waals surface area contributed by atoms with E-state index in [0.717, 1.165) is 0 Å². The van der Waals surface area contributed by atoms with Crippen LogP contribution in [0.15, 0.2) is 0 Å². The lowest BCUT2D eigenvalue weighted by Gasteiger charge is -1.80. The van der Waals surface area contributed by atoms with Gasteiger partial charge in [-0.05, 0) is 0 Å². The molecule has 0 spiro atoms. The van der Waals surface area contributed by atoms with Gasteiger partial charge in [0.05, 0.1) is 0 Å². The van der Waals surface area contributed by atoms with Gasteiger partial charge in [-0.15, -0.1) is 0 Å². The van der Waals surface area contributed by atoms with Crippen molar-refractivity contribution < 1.29 is 4.79 Å². The van der Waals surface area contributed by atoms with E-state index >= 15 is 0 Å². The van der Waals surface area contributed by atoms with Crippen molar-refractivity contribution in [3.05, 3.63) is 0 Å². The zero-order valence-electron chi connectivity index (χ0n) is 2.64. The molecule has 0 aromatic carbocycles. The lowest BCUT2D eigenvalue weighted by atomic mass is 10.6. The molecule has 1 radical (unpaired) electrons. The highest BCUT2D eigenvalue weighted by Crippen LogP contribution is 1.38. The Balaban J connectivity index is 2.83. The Kier molecular flexibility index (Phi) is 1.72. The summed E-state index contributed by atoms with van der Waals surface area (Å²) in [7, 11) is 0. The third kappa shape index (κ3) is 3.59. The molecular weight excluding hydrogens is 68.0 g/mol. The molecule has 0 amide bonds. The molecule has 0 aliphatic heterocycles. The maximum absolute atomic E-state index is 9.13. The molecule has 0 saturated carbocycles. The number of nitrogens with two attached hydrogens (primary N) is 2. The van der Waals surface area contributed by atoms with Crippen LogP contribution in [0, 0.1) is 0 Å². The van der Waals surface area contributed by atoms with Gasteiger partial charge in [-0.25, -0.2) is 0 Å². The number of carbonyl (C=O) groups excluding carboxylic acids is 1. The van der Waals surface area contributed by atoms with E-state index in [2.05, 4.69) is 11.5 Å². The fourth-order valence-electron chi connectivity index (χ4n) is 0. The van der Waals surface area contributed by atoms with Crippen molar-refractivity contribution in [2.75, 3.05) is 0 Å². The molecule has 0 saturated heterocycles. The minimum absolute atomic E-state index is 0.921. The molecule has 0 atom stereocenters. The molecule has 3 nitrogen and oxygen atoms in total. The fourth-order valence-corrected chi connectivity index (χ4v) is 0. The quantitative estimate of drug-likeness (QED) is 0.365. The fraction of sp³-hybridized carbons (Fsp3) is 0.500. The SMILES string of the molecule is NC(N)[C]=O. The Morgan fingerprint density at radius 2 is 1.80 bits per heavy atom. The highest BCUT2D eigenvalue weighted by atomic mass is 16.1. The first-order valence-electron chi connectivity index (χ1n) is 1.16. The highest BCUT2D eigenvalue weighted by molar-refractivity contribution is 5.56. The number of rotatable bonds is 1. The van der Waals surface area contributed by atoms with E-state index in [9.17, 15) is 0 Å². The summed E-state index contributed by atoms with van der Waals surface area (Å²) in [6.45, 7) is 0. The van der Waals surface area contributed by atoms with Crippen molar-refractivity contribution in [3.63, 3.8) is 0 Å². The maximum Gasteiger partial charge on any atom is 0.232 e. The van der Waals surface area contributed by atoms with Gasteiger partial charge in [0.15, 0.2) is 0 Å². The predicted molar refractivity (Wildman–Crippen MR) is 17.9 cm³/mol. The van der Waals surface area contributed by atoms with Crippen LogP contribution in [0.3, 0.4) is 0 Å². The van der Waals surface area contributed by atoms with Gasteiger partial charge in [-0.3, -0.25) is 4.79 Å². The average Bonchev–Trinajstić information content (AvgIpc) is 1.38. The Bertz CT molecular complexity index is 34.6. The van der Waals surface area contributed by atoms with Crippen molar-refractivity contribution in [2.45, 2.75) is 6.17 Å². The van der Waals surface area contributed by atoms with Crippen LogP contribution in [0.1, 0.15) is 0 Å². The van der Waals surface area contributed by atoms with Crippen molar-refractivity contribution in [2.24, 2.45) is 11.5 Å². The van der Waals surface area contributed by atoms with Crippen LogP contribution < -0.4 is 11.5 Å². The third-order valence-electron chi connectivity index (χ3n) is 0.136. The molecule has 0 aromatic rings. The van der Waals surface area contributed by atoms with Gasteiger partial charge in [0, 0.05) is 0 Å². The van der Waals surface area contributed by atoms with Crippen molar-refractivity contribution in [1.29, 1.82) is 0 Å². The minimum atomic E-state index is -0.921. The van der Waals surface area contributed by atoms with E-state index in [1.807, 2.05) is 0 Å². The number of hydrogen-bond acceptors (Lipinski definition) is 3. The first-order valence-corrected chi connectivity index (χ1v) is 1.16. The molecule has 0 rings (SSSR count). The molecule has 4 N–H and O–H groups in total. The molecule has 0 bridgehead atoms. The van der Waals surface area contributed by atoms with Crippen molar-refractivity contribution in [3.8, 4) is 0 Å². The first-order chi connectivity index (χ1) is 2.27. The van der Waals surface area contributed by atoms with Crippen LogP contribution in [0.4, 0.5) is 0 Å². The predicted octanol–water partition coefficient (Wildman–Crippen LogP) is -1.66. The number of hydrogen-bond donors (Lipinski definition) is 2. The average molecular weight is 73.1 g/mol. The van der Waals surface area contributed by atoms with Crippen LogP contribution in [0.25, 0.3) is 0 Å². The second-order valence-corrected chi connectivity index (χ2v) is 0.644. The molecule has 0 aliphatic rings. The van der Waals surface area contributed by atoms with Gasteiger partial charge in [0.25, 0.3) is 0 Å². The van der Waals surface area contributed by atoms with E-state index < -0.39 is 6.17 Å². The lowest BCUT2D eigenvalue weighted by molar-refractivity contribution is 0.543. The van der Waals surface area contributed by atoms with E-state index in [-0.39, 0.29) is 0 Å². The molecule has 0 heterocycles. The second kappa shape index (κ2) is 1.87. The molecule has 3 heteroatoms. The zero-order valence-corrected chi connectivity index (χ0v) is 2.64. The Labute approximate surface area is 29.9 Å². The summed E-state index contributed by atoms with van der Waals surface area (Å²) in [5, 5.41) is 0. The van der Waals surface area contributed by atoms with E-state index in [1.165, 1.54) is 6.29 Å². The van der Waals surface area contributed by atoms with Crippen LogP contribution >= 0.6 is 0 Å². The monoisotopic (exact) mass is 73.0 g/mol. The summed E-state index contributed by atoms with van der Waals surface area (Å²) in [6.07, 6.45) is 0.412. The summed E-state index contributed by atoms with van der Waals surface area (Å²) in [6, 6.07) is 0. The molecular formula is C2H5N2O. The molecule has 0 aliphatic carbocycles. The van der Waals surface area contributed by atoms with Gasteiger partial charge < -0.3 is 11.5 Å². The summed E-state index contributed by atoms with van der Waals surface area (Å²) in [5.74, 6) is 0. The van der Waals surface area contributed by atoms with Crippen LogP contribution in [-0.2, 0) is 4.79 Å². The summed E-state index contributed by atoms with van der Waals surface area (Å²) < 4.78 is 0. The van der Waals surface area contributed by atoms with Gasteiger partial charge in [0.2, 0.25) is 6.29 Å². The molecule has 0 fully saturated rings. The maximum atomic E-state index is 9.13. The van der Waals surface area contributed by atoms with Crippen LogP contribution in [0.5, 0.6) is 0 Å². The van der Waals surface area contributed by atoms with Crippen molar-refractivity contribution >= 4 is 6.29 Å². The summed E-state index contributed by atoms with van der Waals surface area (Å²) in [5.41, 5.74) is 9.29. The topological polar surface area (TPSA) is 69.1 Å². The second-order valence-electron chi connectivity index (χ2n) is 0.644. The highest BCUT2D eigenvalue weighted by Gasteiger charge is 1.81. The van der Waals surface area contributed by atoms with E-state index in [0.29, 0.717) is 0 Å². The van der Waals surface area contributed by atoms with Gasteiger partial charge in [-0.1, -0.05) is 0 Å². The summed E-state index contributed by atoms with van der Waals surface area (Å²) >= 11 is 0. The van der Waals surface area contributed by atoms with Gasteiger partial charge in [-0.2, -0.15) is 0 Å². The summed E-state index contributed by atoms with van der Waals surface area (Å²) in [4.78, 5) is 9.13. The van der Waals surface area contributed by atoms with Crippen LogP contribution in [0.2, 0.25) is 0 Å². The first kappa shape index (κ1) is 4.59. The van der Waals surface area contributed by atoms with Crippen LogP contribution in [-0.4, -0.2) is 12.5 Å². The normalized spacial score (nSPS) is 8.60. The van der Waals surface area contributed by atoms with Gasteiger partial charge >= 0.3 is 0 Å².